The first-order valence-electron chi connectivity index (χ1n) is 11.0. The normalized spacial score (nSPS) is 17.6. The largest absolute Gasteiger partial charge is 0.415 e. The average Bonchev–Trinajstić information content (AvgIpc) is 2.48. The van der Waals surface area contributed by atoms with Crippen LogP contribution in [0.2, 0.25) is 78.6 Å². The van der Waals surface area contributed by atoms with E-state index in [9.17, 15) is 9.59 Å². The number of hydrogen-bond donors (Lipinski definition) is 1. The van der Waals surface area contributed by atoms with Gasteiger partial charge in [-0.05, 0) is 78.6 Å². The smallest absolute Gasteiger partial charge is 0.217 e. The van der Waals surface area contributed by atoms with Crippen molar-refractivity contribution in [2.75, 3.05) is 6.61 Å². The lowest BCUT2D eigenvalue weighted by molar-refractivity contribution is -0.127. The molecule has 0 saturated carbocycles. The molecule has 0 aliphatic heterocycles. The Morgan fingerprint density at radius 3 is 1.48 bits per heavy atom. The SMILES string of the molecule is CC(=O)N[C@H](C=O)[C@@H](O[Si](C)(C)C)[C@@H](O[Si](C)(C)C)[C@H](CO[Si](C)(C)C)O[Si](C)(C)C. The van der Waals surface area contributed by atoms with Crippen LogP contribution >= 0.6 is 0 Å². The van der Waals surface area contributed by atoms with Crippen LogP contribution in [0.3, 0.4) is 0 Å². The van der Waals surface area contributed by atoms with Crippen molar-refractivity contribution in [2.24, 2.45) is 0 Å². The molecule has 0 saturated heterocycles. The summed E-state index contributed by atoms with van der Waals surface area (Å²) < 4.78 is 26.0. The van der Waals surface area contributed by atoms with Crippen LogP contribution < -0.4 is 5.32 Å². The Morgan fingerprint density at radius 1 is 0.742 bits per heavy atom. The fourth-order valence-corrected chi connectivity index (χ4v) is 6.90. The lowest BCUT2D eigenvalue weighted by Gasteiger charge is -2.43. The zero-order valence-corrected chi connectivity index (χ0v) is 26.0. The van der Waals surface area contributed by atoms with E-state index in [-0.39, 0.29) is 5.91 Å². The van der Waals surface area contributed by atoms with E-state index >= 15 is 0 Å². The van der Waals surface area contributed by atoms with Gasteiger partial charge in [-0.1, -0.05) is 0 Å². The number of rotatable bonds is 14. The van der Waals surface area contributed by atoms with Gasteiger partial charge in [0.15, 0.2) is 33.3 Å². The summed E-state index contributed by atoms with van der Waals surface area (Å²) in [4.78, 5) is 23.9. The average molecular weight is 510 g/mol. The van der Waals surface area contributed by atoms with E-state index in [0.29, 0.717) is 6.61 Å². The van der Waals surface area contributed by atoms with Gasteiger partial charge in [-0.25, -0.2) is 0 Å². The first-order chi connectivity index (χ1) is 13.6. The third-order valence-corrected chi connectivity index (χ3v) is 7.73. The minimum atomic E-state index is -2.10. The Bertz CT molecular complexity index is 578. The third-order valence-electron chi connectivity index (χ3n) is 3.73. The maximum Gasteiger partial charge on any atom is 0.217 e. The lowest BCUT2D eigenvalue weighted by Crippen LogP contribution is -2.61. The molecule has 0 aromatic heterocycles. The predicted molar refractivity (Wildman–Crippen MR) is 138 cm³/mol. The first-order valence-corrected chi connectivity index (χ1v) is 24.7. The topological polar surface area (TPSA) is 83.1 Å². The zero-order chi connectivity index (χ0) is 24.8. The summed E-state index contributed by atoms with van der Waals surface area (Å²) in [5, 5.41) is 2.76. The first kappa shape index (κ1) is 30.8. The monoisotopic (exact) mass is 509 g/mol. The van der Waals surface area contributed by atoms with Gasteiger partial charge in [0.05, 0.1) is 24.9 Å². The molecule has 184 valence electrons. The second kappa shape index (κ2) is 11.8. The molecule has 31 heavy (non-hydrogen) atoms. The van der Waals surface area contributed by atoms with E-state index in [2.05, 4.69) is 83.9 Å². The van der Waals surface area contributed by atoms with E-state index in [0.717, 1.165) is 6.29 Å². The summed E-state index contributed by atoms with van der Waals surface area (Å²) in [5.41, 5.74) is 0. The molecule has 0 aliphatic carbocycles. The molecule has 0 rings (SSSR count). The molecular weight excluding hydrogens is 463 g/mol. The minimum Gasteiger partial charge on any atom is -0.415 e. The summed E-state index contributed by atoms with van der Waals surface area (Å²) in [6.45, 7) is 27.0. The molecule has 4 atom stereocenters. The lowest BCUT2D eigenvalue weighted by atomic mass is 10.0. The minimum absolute atomic E-state index is 0.283. The molecule has 11 heteroatoms. The Labute approximate surface area is 194 Å². The van der Waals surface area contributed by atoms with Gasteiger partial charge in [-0.2, -0.15) is 0 Å². The van der Waals surface area contributed by atoms with Crippen LogP contribution in [0.1, 0.15) is 6.92 Å². The molecule has 0 aromatic carbocycles. The number of nitrogens with one attached hydrogen (secondary N) is 1. The maximum atomic E-state index is 12.1. The standard InChI is InChI=1S/C20H47NO6Si4/c1-16(23)21-17(14-22)19(26-30(8,9)10)20(27-31(11,12)13)18(25-29(5,6)7)15-24-28(2,3)4/h14,17-20H,15H2,1-13H3,(H,21,23)/t17-,18+,19-,20+/m1/s1. The van der Waals surface area contributed by atoms with Crippen molar-refractivity contribution in [3.8, 4) is 0 Å². The highest BCUT2D eigenvalue weighted by molar-refractivity contribution is 6.71. The van der Waals surface area contributed by atoms with Gasteiger partial charge < -0.3 is 27.8 Å². The Balaban J connectivity index is 6.43. The second-order valence-corrected chi connectivity index (χ2v) is 29.8. The van der Waals surface area contributed by atoms with E-state index < -0.39 is 57.6 Å². The van der Waals surface area contributed by atoms with Gasteiger partial charge in [0.25, 0.3) is 0 Å². The molecule has 7 nitrogen and oxygen atoms in total. The van der Waals surface area contributed by atoms with Gasteiger partial charge in [0.2, 0.25) is 5.91 Å². The van der Waals surface area contributed by atoms with Crippen LogP contribution in [0, 0.1) is 0 Å². The van der Waals surface area contributed by atoms with Gasteiger partial charge >= 0.3 is 0 Å². The molecule has 0 heterocycles. The molecule has 0 spiro atoms. The number of carbonyl (C=O) groups is 2. The predicted octanol–water partition coefficient (Wildman–Crippen LogP) is 4.20. The van der Waals surface area contributed by atoms with Crippen LogP contribution in [0.5, 0.6) is 0 Å². The van der Waals surface area contributed by atoms with E-state index in [1.54, 1.807) is 0 Å². The Morgan fingerprint density at radius 2 is 1.16 bits per heavy atom. The van der Waals surface area contributed by atoms with Gasteiger partial charge in [0.1, 0.15) is 12.3 Å². The van der Waals surface area contributed by atoms with Crippen molar-refractivity contribution in [3.63, 3.8) is 0 Å². The fraction of sp³-hybridized carbons (Fsp3) is 0.900. The zero-order valence-electron chi connectivity index (χ0n) is 22.0. The Hall–Kier alpha value is -0.152. The molecule has 0 unspecified atom stereocenters. The summed E-state index contributed by atoms with van der Waals surface area (Å²) in [6.07, 6.45) is -0.852. The highest BCUT2D eigenvalue weighted by atomic mass is 28.4. The second-order valence-electron chi connectivity index (χ2n) is 11.9. The number of carbonyl (C=O) groups excluding carboxylic acids is 2. The van der Waals surface area contributed by atoms with Gasteiger partial charge in [0, 0.05) is 6.92 Å². The van der Waals surface area contributed by atoms with Crippen LogP contribution in [0.25, 0.3) is 0 Å². The number of hydrogen-bond acceptors (Lipinski definition) is 6. The molecule has 0 fully saturated rings. The highest BCUT2D eigenvalue weighted by Crippen LogP contribution is 2.26. The van der Waals surface area contributed by atoms with Crippen LogP contribution in [0.4, 0.5) is 0 Å². The highest BCUT2D eigenvalue weighted by Gasteiger charge is 2.43. The Kier molecular flexibility index (Phi) is 11.8. The fourth-order valence-electron chi connectivity index (χ4n) is 2.93. The van der Waals surface area contributed by atoms with Crippen molar-refractivity contribution >= 4 is 45.5 Å². The summed E-state index contributed by atoms with van der Waals surface area (Å²) in [7, 11) is -7.98. The molecule has 0 aliphatic rings. The van der Waals surface area contributed by atoms with Crippen LogP contribution in [-0.4, -0.2) is 76.4 Å². The van der Waals surface area contributed by atoms with Crippen LogP contribution in [-0.2, 0) is 27.3 Å². The number of amides is 1. The van der Waals surface area contributed by atoms with Gasteiger partial charge in [-0.3, -0.25) is 4.79 Å². The summed E-state index contributed by atoms with van der Waals surface area (Å²) in [5.74, 6) is -0.283. The molecule has 1 amide bonds. The third kappa shape index (κ3) is 15.3. The van der Waals surface area contributed by atoms with Crippen LogP contribution in [0.15, 0.2) is 0 Å². The summed E-state index contributed by atoms with van der Waals surface area (Å²) >= 11 is 0. The van der Waals surface area contributed by atoms with Crippen molar-refractivity contribution in [3.05, 3.63) is 0 Å². The van der Waals surface area contributed by atoms with Crippen molar-refractivity contribution in [1.29, 1.82) is 0 Å². The molecule has 0 bridgehead atoms. The maximum absolute atomic E-state index is 12.1. The molecule has 0 aromatic rings. The van der Waals surface area contributed by atoms with Crippen molar-refractivity contribution in [1.82, 2.24) is 5.32 Å². The summed E-state index contributed by atoms with van der Waals surface area (Å²) in [6, 6.07) is -0.829. The van der Waals surface area contributed by atoms with E-state index in [1.165, 1.54) is 6.92 Å². The van der Waals surface area contributed by atoms with Gasteiger partial charge in [-0.15, -0.1) is 0 Å². The van der Waals surface area contributed by atoms with E-state index in [1.807, 2.05) is 0 Å². The van der Waals surface area contributed by atoms with Crippen molar-refractivity contribution in [2.45, 2.75) is 110 Å². The molecule has 1 N–H and O–H groups in total. The molecule has 0 radical (unpaired) electrons. The molecular formula is C20H47NO6Si4. The van der Waals surface area contributed by atoms with E-state index in [4.69, 9.17) is 17.7 Å². The number of aldehydes is 1. The van der Waals surface area contributed by atoms with Crippen molar-refractivity contribution < 1.29 is 27.3 Å². The quantitative estimate of drug-likeness (QED) is 0.279.